The van der Waals surface area contributed by atoms with Crippen LogP contribution in [0.5, 0.6) is 0 Å². The van der Waals surface area contributed by atoms with Crippen LogP contribution in [-0.2, 0) is 11.0 Å². The van der Waals surface area contributed by atoms with Gasteiger partial charge in [-0.1, -0.05) is 0 Å². The lowest BCUT2D eigenvalue weighted by Crippen LogP contribution is -2.44. The van der Waals surface area contributed by atoms with Gasteiger partial charge in [0.25, 0.3) is 0 Å². The van der Waals surface area contributed by atoms with Crippen LogP contribution in [0.15, 0.2) is 18.2 Å². The maximum atomic E-state index is 14.0. The van der Waals surface area contributed by atoms with Crippen molar-refractivity contribution in [3.05, 3.63) is 29.6 Å². The minimum absolute atomic E-state index is 0.0227. The predicted octanol–water partition coefficient (Wildman–Crippen LogP) is 3.24. The molecule has 21 heavy (non-hydrogen) atoms. The molecule has 0 spiro atoms. The van der Waals surface area contributed by atoms with E-state index in [4.69, 9.17) is 5.11 Å². The first-order valence-corrected chi connectivity index (χ1v) is 7.37. The first-order valence-electron chi connectivity index (χ1n) is 6.22. The lowest BCUT2D eigenvalue weighted by Gasteiger charge is -2.36. The number of rotatable bonds is 3. The van der Waals surface area contributed by atoms with E-state index < -0.39 is 29.6 Å². The van der Waals surface area contributed by atoms with Crippen molar-refractivity contribution >= 4 is 23.4 Å². The average molecular weight is 323 g/mol. The molecule has 0 saturated carbocycles. The maximum absolute atomic E-state index is 14.0. The van der Waals surface area contributed by atoms with Crippen LogP contribution in [0.1, 0.15) is 12.0 Å². The summed E-state index contributed by atoms with van der Waals surface area (Å²) in [5, 5.41) is 8.87. The van der Waals surface area contributed by atoms with Crippen molar-refractivity contribution in [2.24, 2.45) is 0 Å². The molecule has 1 aliphatic rings. The molecule has 1 aliphatic heterocycles. The molecule has 1 unspecified atom stereocenters. The van der Waals surface area contributed by atoms with Crippen LogP contribution in [0.4, 0.5) is 23.2 Å². The van der Waals surface area contributed by atoms with Gasteiger partial charge in [0.15, 0.2) is 0 Å². The van der Waals surface area contributed by atoms with Crippen molar-refractivity contribution in [2.75, 3.05) is 23.0 Å². The molecule has 0 aliphatic carbocycles. The van der Waals surface area contributed by atoms with E-state index in [-0.39, 0.29) is 12.1 Å². The normalized spacial score (nSPS) is 19.6. The molecule has 0 bridgehead atoms. The number of thioether (sulfide) groups is 1. The molecule has 0 aromatic heterocycles. The van der Waals surface area contributed by atoms with Crippen LogP contribution in [0.25, 0.3) is 0 Å². The number of hydrogen-bond donors (Lipinski definition) is 1. The summed E-state index contributed by atoms with van der Waals surface area (Å²) in [6.07, 6.45) is -4.77. The summed E-state index contributed by atoms with van der Waals surface area (Å²) in [6.45, 7) is 0.408. The molecule has 2 rings (SSSR count). The first kappa shape index (κ1) is 15.9. The quantitative estimate of drug-likeness (QED) is 0.867. The Morgan fingerprint density at radius 1 is 1.43 bits per heavy atom. The van der Waals surface area contributed by atoms with Gasteiger partial charge in [-0.25, -0.2) is 4.39 Å². The third-order valence-electron chi connectivity index (χ3n) is 3.22. The van der Waals surface area contributed by atoms with Gasteiger partial charge in [-0.2, -0.15) is 24.9 Å². The Labute approximate surface area is 122 Å². The molecule has 1 aromatic carbocycles. The summed E-state index contributed by atoms with van der Waals surface area (Å²) >= 11 is 1.55. The Hall–Kier alpha value is -1.44. The lowest BCUT2D eigenvalue weighted by molar-refractivity contribution is -0.138. The standard InChI is InChI=1S/C13H13F4NO2S/c14-10-5-8(13(15,16)17)1-2-11(10)18-3-4-21-7-9(18)6-12(19)20/h1-2,5,9H,3-4,6-7H2,(H,19,20). The molecule has 0 radical (unpaired) electrons. The van der Waals surface area contributed by atoms with Crippen LogP contribution >= 0.6 is 11.8 Å². The molecule has 1 aromatic rings. The van der Waals surface area contributed by atoms with Crippen LogP contribution in [-0.4, -0.2) is 35.2 Å². The molecule has 8 heteroatoms. The fourth-order valence-electron chi connectivity index (χ4n) is 2.26. The monoisotopic (exact) mass is 323 g/mol. The molecule has 1 N–H and O–H groups in total. The van der Waals surface area contributed by atoms with Crippen LogP contribution in [0.2, 0.25) is 0 Å². The number of nitrogens with zero attached hydrogens (tertiary/aromatic N) is 1. The zero-order valence-corrected chi connectivity index (χ0v) is 11.7. The van der Waals surface area contributed by atoms with Gasteiger partial charge in [0.05, 0.1) is 17.7 Å². The van der Waals surface area contributed by atoms with E-state index in [0.29, 0.717) is 24.1 Å². The number of halogens is 4. The van der Waals surface area contributed by atoms with Gasteiger partial charge in [0.2, 0.25) is 0 Å². The highest BCUT2D eigenvalue weighted by Gasteiger charge is 2.33. The molecule has 0 amide bonds. The Balaban J connectivity index is 2.28. The van der Waals surface area contributed by atoms with Crippen molar-refractivity contribution < 1.29 is 27.5 Å². The largest absolute Gasteiger partial charge is 0.481 e. The molecule has 116 valence electrons. The average Bonchev–Trinajstić information content (AvgIpc) is 2.38. The molecule has 1 fully saturated rings. The lowest BCUT2D eigenvalue weighted by atomic mass is 10.1. The molecule has 1 heterocycles. The van der Waals surface area contributed by atoms with Crippen molar-refractivity contribution in [1.29, 1.82) is 0 Å². The van der Waals surface area contributed by atoms with Gasteiger partial charge in [-0.15, -0.1) is 0 Å². The van der Waals surface area contributed by atoms with Gasteiger partial charge in [-0.3, -0.25) is 4.79 Å². The van der Waals surface area contributed by atoms with Crippen LogP contribution < -0.4 is 4.90 Å². The van der Waals surface area contributed by atoms with E-state index in [9.17, 15) is 22.4 Å². The minimum atomic E-state index is -4.60. The van der Waals surface area contributed by atoms with Crippen molar-refractivity contribution in [2.45, 2.75) is 18.6 Å². The number of hydrogen-bond acceptors (Lipinski definition) is 3. The summed E-state index contributed by atoms with van der Waals surface area (Å²) < 4.78 is 51.6. The summed E-state index contributed by atoms with van der Waals surface area (Å²) in [5.41, 5.74) is -1.03. The first-order chi connectivity index (χ1) is 9.79. The second-order valence-electron chi connectivity index (χ2n) is 4.68. The third-order valence-corrected chi connectivity index (χ3v) is 4.31. The maximum Gasteiger partial charge on any atom is 0.416 e. The van der Waals surface area contributed by atoms with Gasteiger partial charge < -0.3 is 10.0 Å². The number of carbonyl (C=O) groups is 1. The smallest absolute Gasteiger partial charge is 0.416 e. The fourth-order valence-corrected chi connectivity index (χ4v) is 3.32. The summed E-state index contributed by atoms with van der Waals surface area (Å²) in [5.74, 6) is -0.810. The highest BCUT2D eigenvalue weighted by Crippen LogP contribution is 2.34. The molecule has 1 saturated heterocycles. The number of benzene rings is 1. The zero-order chi connectivity index (χ0) is 15.6. The summed E-state index contributed by atoms with van der Waals surface area (Å²) in [7, 11) is 0. The Kier molecular flexibility index (Phi) is 4.65. The molecular formula is C13H13F4NO2S. The van der Waals surface area contributed by atoms with E-state index in [1.807, 2.05) is 0 Å². The zero-order valence-electron chi connectivity index (χ0n) is 10.9. The molecular weight excluding hydrogens is 310 g/mol. The van der Waals surface area contributed by atoms with Crippen molar-refractivity contribution in [1.82, 2.24) is 0 Å². The van der Waals surface area contributed by atoms with Gasteiger partial charge in [0.1, 0.15) is 5.82 Å². The summed E-state index contributed by atoms with van der Waals surface area (Å²) in [4.78, 5) is 12.4. The number of aliphatic carboxylic acids is 1. The van der Waals surface area contributed by atoms with Crippen molar-refractivity contribution in [3.8, 4) is 0 Å². The Morgan fingerprint density at radius 2 is 2.14 bits per heavy atom. The number of anilines is 1. The number of carboxylic acids is 1. The number of alkyl halides is 3. The topological polar surface area (TPSA) is 40.5 Å². The molecule has 1 atom stereocenters. The predicted molar refractivity (Wildman–Crippen MR) is 72.1 cm³/mol. The van der Waals surface area contributed by atoms with Gasteiger partial charge in [0, 0.05) is 24.1 Å². The van der Waals surface area contributed by atoms with Crippen LogP contribution in [0, 0.1) is 5.82 Å². The van der Waals surface area contributed by atoms with Gasteiger partial charge >= 0.3 is 12.1 Å². The SMILES string of the molecule is O=C(O)CC1CSCCN1c1ccc(C(F)(F)F)cc1F. The van der Waals surface area contributed by atoms with Gasteiger partial charge in [-0.05, 0) is 18.2 Å². The Bertz CT molecular complexity index is 535. The molecule has 3 nitrogen and oxygen atoms in total. The van der Waals surface area contributed by atoms with E-state index in [2.05, 4.69) is 0 Å². The highest BCUT2D eigenvalue weighted by molar-refractivity contribution is 7.99. The summed E-state index contributed by atoms with van der Waals surface area (Å²) in [6, 6.07) is 1.92. The minimum Gasteiger partial charge on any atom is -0.481 e. The fraction of sp³-hybridized carbons (Fsp3) is 0.462. The third kappa shape index (κ3) is 3.81. The number of carboxylic acid groups (broad SMARTS) is 1. The van der Waals surface area contributed by atoms with Crippen molar-refractivity contribution in [3.63, 3.8) is 0 Å². The van der Waals surface area contributed by atoms with E-state index in [0.717, 1.165) is 12.1 Å². The van der Waals surface area contributed by atoms with Crippen LogP contribution in [0.3, 0.4) is 0 Å². The second kappa shape index (κ2) is 6.13. The highest BCUT2D eigenvalue weighted by atomic mass is 32.2. The Morgan fingerprint density at radius 3 is 2.71 bits per heavy atom. The van der Waals surface area contributed by atoms with E-state index in [1.54, 1.807) is 16.7 Å². The second-order valence-corrected chi connectivity index (χ2v) is 5.83. The van der Waals surface area contributed by atoms with E-state index in [1.165, 1.54) is 0 Å². The van der Waals surface area contributed by atoms with E-state index >= 15 is 0 Å².